The molecule has 8 heteroatoms. The Hall–Kier alpha value is -2.16. The lowest BCUT2D eigenvalue weighted by Crippen LogP contribution is -2.26. The van der Waals surface area contributed by atoms with Gasteiger partial charge in [-0.2, -0.15) is 0 Å². The summed E-state index contributed by atoms with van der Waals surface area (Å²) < 4.78 is 17.9. The average molecular weight is 480 g/mol. The fourth-order valence-corrected chi connectivity index (χ4v) is 4.13. The van der Waals surface area contributed by atoms with E-state index in [1.807, 2.05) is 43.3 Å². The Balaban J connectivity index is 1.53. The van der Waals surface area contributed by atoms with Gasteiger partial charge in [0, 0.05) is 19.4 Å². The van der Waals surface area contributed by atoms with Crippen LogP contribution in [0, 0.1) is 6.92 Å². The Bertz CT molecular complexity index is 950. The number of ether oxygens (including phenoxy) is 2. The maximum Gasteiger partial charge on any atom is 0.333 e. The van der Waals surface area contributed by atoms with Crippen molar-refractivity contribution < 1.29 is 23.8 Å². The second kappa shape index (κ2) is 10.0. The standard InChI is InChI=1S/C21H22BrNO5S/c1-3-26-17(21(24)25)12-14-4-6-15(7-5-14)27-11-10-16-13(2)28-20(23-16)18-8-9-19(22)29-18/h4-9,17H,3,10-12H2,1-2H3,(H,24,25)/t17-/m0/s1. The molecule has 1 aromatic carbocycles. The summed E-state index contributed by atoms with van der Waals surface area (Å²) in [5, 5.41) is 9.18. The summed E-state index contributed by atoms with van der Waals surface area (Å²) in [7, 11) is 0. The molecule has 0 fully saturated rings. The summed E-state index contributed by atoms with van der Waals surface area (Å²) in [5.41, 5.74) is 1.76. The molecule has 0 aliphatic heterocycles. The number of benzene rings is 1. The lowest BCUT2D eigenvalue weighted by Gasteiger charge is -2.12. The normalized spacial score (nSPS) is 12.1. The number of aliphatic carboxylic acids is 1. The summed E-state index contributed by atoms with van der Waals surface area (Å²) in [4.78, 5) is 16.8. The molecular weight excluding hydrogens is 458 g/mol. The van der Waals surface area contributed by atoms with Crippen LogP contribution in [0.4, 0.5) is 0 Å². The molecule has 0 unspecified atom stereocenters. The lowest BCUT2D eigenvalue weighted by atomic mass is 10.1. The molecule has 0 saturated heterocycles. The van der Waals surface area contributed by atoms with E-state index in [2.05, 4.69) is 20.9 Å². The van der Waals surface area contributed by atoms with Gasteiger partial charge in [0.05, 0.1) is 21.0 Å². The number of thiophene rings is 1. The van der Waals surface area contributed by atoms with Crippen molar-refractivity contribution in [3.63, 3.8) is 0 Å². The summed E-state index contributed by atoms with van der Waals surface area (Å²) in [6, 6.07) is 11.3. The highest BCUT2D eigenvalue weighted by Gasteiger charge is 2.18. The number of hydrogen-bond acceptors (Lipinski definition) is 6. The van der Waals surface area contributed by atoms with Crippen LogP contribution in [0.15, 0.2) is 44.6 Å². The second-order valence-corrected chi connectivity index (χ2v) is 8.82. The first-order valence-electron chi connectivity index (χ1n) is 9.24. The van der Waals surface area contributed by atoms with E-state index >= 15 is 0 Å². The van der Waals surface area contributed by atoms with Crippen molar-refractivity contribution in [2.45, 2.75) is 32.8 Å². The third kappa shape index (κ3) is 5.91. The molecule has 0 spiro atoms. The molecule has 2 heterocycles. The maximum atomic E-state index is 11.2. The quantitative estimate of drug-likeness (QED) is 0.434. The fourth-order valence-electron chi connectivity index (χ4n) is 2.81. The molecule has 0 bridgehead atoms. The minimum atomic E-state index is -0.954. The van der Waals surface area contributed by atoms with Gasteiger partial charge in [-0.3, -0.25) is 0 Å². The Kier molecular flexibility index (Phi) is 7.46. The van der Waals surface area contributed by atoms with Gasteiger partial charge >= 0.3 is 5.97 Å². The summed E-state index contributed by atoms with van der Waals surface area (Å²) >= 11 is 5.03. The van der Waals surface area contributed by atoms with Crippen molar-refractivity contribution in [1.82, 2.24) is 4.98 Å². The van der Waals surface area contributed by atoms with Gasteiger partial charge in [-0.05, 0) is 59.6 Å². The van der Waals surface area contributed by atoms with Gasteiger partial charge in [-0.15, -0.1) is 11.3 Å². The summed E-state index contributed by atoms with van der Waals surface area (Å²) in [6.45, 7) is 4.52. The summed E-state index contributed by atoms with van der Waals surface area (Å²) in [5.74, 6) is 1.18. The molecule has 0 amide bonds. The molecule has 0 saturated carbocycles. The SMILES string of the molecule is CCO[C@@H](Cc1ccc(OCCc2nc(-c3ccc(Br)s3)oc2C)cc1)C(=O)O. The molecule has 6 nitrogen and oxygen atoms in total. The van der Waals surface area contributed by atoms with Crippen LogP contribution in [0.2, 0.25) is 0 Å². The van der Waals surface area contributed by atoms with E-state index < -0.39 is 12.1 Å². The first-order chi connectivity index (χ1) is 14.0. The summed E-state index contributed by atoms with van der Waals surface area (Å²) in [6.07, 6.45) is 0.123. The zero-order chi connectivity index (χ0) is 20.8. The highest BCUT2D eigenvalue weighted by Crippen LogP contribution is 2.31. The number of carboxylic acid groups (broad SMARTS) is 1. The fraction of sp³-hybridized carbons (Fsp3) is 0.333. The topological polar surface area (TPSA) is 81.8 Å². The minimum absolute atomic E-state index is 0.323. The number of carbonyl (C=O) groups is 1. The van der Waals surface area contributed by atoms with Crippen LogP contribution in [0.3, 0.4) is 0 Å². The van der Waals surface area contributed by atoms with Crippen LogP contribution in [-0.4, -0.2) is 35.4 Å². The Morgan fingerprint density at radius 2 is 2.03 bits per heavy atom. The molecule has 0 radical (unpaired) electrons. The Morgan fingerprint density at radius 1 is 1.28 bits per heavy atom. The second-order valence-electron chi connectivity index (χ2n) is 6.35. The van der Waals surface area contributed by atoms with E-state index in [0.29, 0.717) is 31.9 Å². The average Bonchev–Trinajstić information content (AvgIpc) is 3.28. The number of aromatic nitrogens is 1. The van der Waals surface area contributed by atoms with Gasteiger partial charge in [0.25, 0.3) is 0 Å². The zero-order valence-electron chi connectivity index (χ0n) is 16.2. The van der Waals surface area contributed by atoms with Crippen LogP contribution in [-0.2, 0) is 22.4 Å². The largest absolute Gasteiger partial charge is 0.493 e. The van der Waals surface area contributed by atoms with E-state index in [1.165, 1.54) is 0 Å². The van der Waals surface area contributed by atoms with Crippen molar-refractivity contribution in [2.75, 3.05) is 13.2 Å². The number of halogens is 1. The number of oxazole rings is 1. The molecule has 154 valence electrons. The van der Waals surface area contributed by atoms with Crippen LogP contribution in [0.25, 0.3) is 10.8 Å². The lowest BCUT2D eigenvalue weighted by molar-refractivity contribution is -0.149. The predicted octanol–water partition coefficient (Wildman–Crippen LogP) is 5.13. The van der Waals surface area contributed by atoms with Crippen molar-refractivity contribution in [3.8, 4) is 16.5 Å². The van der Waals surface area contributed by atoms with Crippen LogP contribution in [0.5, 0.6) is 5.75 Å². The zero-order valence-corrected chi connectivity index (χ0v) is 18.6. The van der Waals surface area contributed by atoms with Crippen molar-refractivity contribution in [3.05, 3.63) is 57.2 Å². The maximum absolute atomic E-state index is 11.2. The van der Waals surface area contributed by atoms with Gasteiger partial charge in [0.2, 0.25) is 5.89 Å². The van der Waals surface area contributed by atoms with E-state index in [-0.39, 0.29) is 0 Å². The number of aryl methyl sites for hydroxylation is 1. The number of hydrogen-bond donors (Lipinski definition) is 1. The molecule has 3 rings (SSSR count). The molecule has 1 atom stereocenters. The van der Waals surface area contributed by atoms with Crippen LogP contribution < -0.4 is 4.74 Å². The van der Waals surface area contributed by atoms with Crippen molar-refractivity contribution in [2.24, 2.45) is 0 Å². The van der Waals surface area contributed by atoms with E-state index in [4.69, 9.17) is 13.9 Å². The molecule has 29 heavy (non-hydrogen) atoms. The van der Waals surface area contributed by atoms with Gasteiger partial charge in [0.15, 0.2) is 6.10 Å². The van der Waals surface area contributed by atoms with Crippen LogP contribution in [0.1, 0.15) is 23.9 Å². The Morgan fingerprint density at radius 3 is 2.66 bits per heavy atom. The van der Waals surface area contributed by atoms with E-state index in [1.54, 1.807) is 18.3 Å². The Labute approximate surface area is 181 Å². The highest BCUT2D eigenvalue weighted by molar-refractivity contribution is 9.11. The van der Waals surface area contributed by atoms with Crippen LogP contribution >= 0.6 is 27.3 Å². The van der Waals surface area contributed by atoms with E-state index in [0.717, 1.165) is 31.4 Å². The molecule has 3 aromatic rings. The molecule has 2 aromatic heterocycles. The van der Waals surface area contributed by atoms with Gasteiger partial charge in [-0.1, -0.05) is 12.1 Å². The number of nitrogens with zero attached hydrogens (tertiary/aromatic N) is 1. The number of carboxylic acids is 1. The third-order valence-electron chi connectivity index (χ3n) is 4.27. The van der Waals surface area contributed by atoms with Gasteiger partial charge < -0.3 is 19.0 Å². The minimum Gasteiger partial charge on any atom is -0.493 e. The van der Waals surface area contributed by atoms with Crippen molar-refractivity contribution in [1.29, 1.82) is 0 Å². The highest BCUT2D eigenvalue weighted by atomic mass is 79.9. The first kappa shape index (κ1) is 21.5. The predicted molar refractivity (Wildman–Crippen MR) is 115 cm³/mol. The van der Waals surface area contributed by atoms with E-state index in [9.17, 15) is 9.90 Å². The first-order valence-corrected chi connectivity index (χ1v) is 10.9. The molecular formula is C21H22BrNO5S. The third-order valence-corrected chi connectivity index (χ3v) is 5.88. The molecule has 1 N–H and O–H groups in total. The smallest absolute Gasteiger partial charge is 0.333 e. The molecule has 0 aliphatic rings. The van der Waals surface area contributed by atoms with Crippen molar-refractivity contribution >= 4 is 33.2 Å². The monoisotopic (exact) mass is 479 g/mol. The number of rotatable bonds is 10. The van der Waals surface area contributed by atoms with Gasteiger partial charge in [0.1, 0.15) is 11.5 Å². The molecule has 0 aliphatic carbocycles. The van der Waals surface area contributed by atoms with Gasteiger partial charge in [-0.25, -0.2) is 9.78 Å².